The average molecular weight is 465 g/mol. The number of benzene rings is 1. The molecule has 4 rings (SSSR count). The van der Waals surface area contributed by atoms with Crippen LogP contribution >= 0.6 is 23.1 Å². The van der Waals surface area contributed by atoms with Crippen LogP contribution in [0.4, 0.5) is 5.69 Å². The molecule has 0 aliphatic carbocycles. The third kappa shape index (κ3) is 4.47. The van der Waals surface area contributed by atoms with Crippen LogP contribution in [0.15, 0.2) is 52.5 Å². The van der Waals surface area contributed by atoms with Gasteiger partial charge in [-0.25, -0.2) is 4.98 Å². The highest BCUT2D eigenvalue weighted by molar-refractivity contribution is 7.99. The van der Waals surface area contributed by atoms with Gasteiger partial charge in [-0.15, -0.1) is 11.3 Å². The number of fused-ring (bicyclic) bond motifs is 1. The molecule has 32 heavy (non-hydrogen) atoms. The number of carbonyl (C=O) groups is 1. The van der Waals surface area contributed by atoms with Gasteiger partial charge in [0.25, 0.3) is 5.56 Å². The molecular formula is C24H24N4O2S2. The first-order valence-corrected chi connectivity index (χ1v) is 12.0. The molecule has 164 valence electrons. The maximum atomic E-state index is 13.4. The molecule has 0 aliphatic rings. The van der Waals surface area contributed by atoms with Crippen molar-refractivity contribution in [1.82, 2.24) is 14.5 Å². The minimum absolute atomic E-state index is 0.0973. The van der Waals surface area contributed by atoms with Gasteiger partial charge in [-0.2, -0.15) is 0 Å². The fourth-order valence-corrected chi connectivity index (χ4v) is 5.28. The van der Waals surface area contributed by atoms with E-state index in [2.05, 4.69) is 10.3 Å². The van der Waals surface area contributed by atoms with Gasteiger partial charge in [-0.1, -0.05) is 30.0 Å². The summed E-state index contributed by atoms with van der Waals surface area (Å²) in [4.78, 5) is 37.0. The van der Waals surface area contributed by atoms with Crippen LogP contribution in [0.25, 0.3) is 10.2 Å². The highest BCUT2D eigenvalue weighted by atomic mass is 32.2. The van der Waals surface area contributed by atoms with Crippen molar-refractivity contribution in [3.63, 3.8) is 0 Å². The molecule has 0 unspecified atom stereocenters. The Labute approximate surface area is 194 Å². The van der Waals surface area contributed by atoms with Gasteiger partial charge in [0.1, 0.15) is 4.83 Å². The monoisotopic (exact) mass is 464 g/mol. The van der Waals surface area contributed by atoms with Crippen LogP contribution < -0.4 is 10.9 Å². The summed E-state index contributed by atoms with van der Waals surface area (Å²) in [6.45, 7) is 8.25. The van der Waals surface area contributed by atoms with Crippen LogP contribution in [0.3, 0.4) is 0 Å². The second kappa shape index (κ2) is 9.26. The molecule has 3 heterocycles. The molecule has 4 aromatic rings. The SMILES string of the molecule is Cc1cccc(NC(=O)CSc2nc3sc(C)c(C)c3c(=O)n2Cc2ccccn2)c1C. The molecule has 1 aromatic carbocycles. The van der Waals surface area contributed by atoms with E-state index in [1.807, 2.05) is 64.1 Å². The Morgan fingerprint density at radius 2 is 1.91 bits per heavy atom. The number of anilines is 1. The number of nitrogens with zero attached hydrogens (tertiary/aromatic N) is 3. The number of thioether (sulfide) groups is 1. The van der Waals surface area contributed by atoms with Crippen molar-refractivity contribution in [2.75, 3.05) is 11.1 Å². The van der Waals surface area contributed by atoms with Crippen LogP contribution in [0.5, 0.6) is 0 Å². The number of hydrogen-bond donors (Lipinski definition) is 1. The van der Waals surface area contributed by atoms with Crippen molar-refractivity contribution in [1.29, 1.82) is 0 Å². The summed E-state index contributed by atoms with van der Waals surface area (Å²) in [5, 5.41) is 4.14. The zero-order valence-electron chi connectivity index (χ0n) is 18.4. The van der Waals surface area contributed by atoms with Crippen molar-refractivity contribution in [2.24, 2.45) is 0 Å². The van der Waals surface area contributed by atoms with Gasteiger partial charge in [0.05, 0.1) is 23.4 Å². The first-order valence-electron chi connectivity index (χ1n) is 10.2. The number of thiophene rings is 1. The third-order valence-corrected chi connectivity index (χ3v) is 7.59. The van der Waals surface area contributed by atoms with Crippen molar-refractivity contribution in [3.05, 3.63) is 80.2 Å². The van der Waals surface area contributed by atoms with E-state index in [0.29, 0.717) is 21.9 Å². The molecule has 0 bridgehead atoms. The van der Waals surface area contributed by atoms with Crippen LogP contribution in [-0.4, -0.2) is 26.2 Å². The normalized spacial score (nSPS) is 11.1. The van der Waals surface area contributed by atoms with E-state index in [1.54, 1.807) is 10.8 Å². The van der Waals surface area contributed by atoms with E-state index in [4.69, 9.17) is 4.98 Å². The number of carbonyl (C=O) groups excluding carboxylic acids is 1. The highest BCUT2D eigenvalue weighted by Crippen LogP contribution is 2.29. The summed E-state index contributed by atoms with van der Waals surface area (Å²) in [6, 6.07) is 11.4. The Balaban J connectivity index is 1.64. The molecule has 0 saturated carbocycles. The number of pyridine rings is 1. The van der Waals surface area contributed by atoms with E-state index >= 15 is 0 Å². The van der Waals surface area contributed by atoms with E-state index in [9.17, 15) is 9.59 Å². The number of nitrogens with one attached hydrogen (secondary N) is 1. The maximum Gasteiger partial charge on any atom is 0.263 e. The van der Waals surface area contributed by atoms with Gasteiger partial charge in [0.2, 0.25) is 5.91 Å². The Hall–Kier alpha value is -2.97. The summed E-state index contributed by atoms with van der Waals surface area (Å²) < 4.78 is 1.62. The lowest BCUT2D eigenvalue weighted by Gasteiger charge is -2.13. The molecule has 6 nitrogen and oxygen atoms in total. The summed E-state index contributed by atoms with van der Waals surface area (Å²) in [5.74, 6) is 0.0117. The van der Waals surface area contributed by atoms with Gasteiger partial charge < -0.3 is 5.32 Å². The molecule has 0 saturated heterocycles. The van der Waals surface area contributed by atoms with Crippen molar-refractivity contribution in [2.45, 2.75) is 39.4 Å². The van der Waals surface area contributed by atoms with E-state index < -0.39 is 0 Å². The van der Waals surface area contributed by atoms with Crippen molar-refractivity contribution in [3.8, 4) is 0 Å². The lowest BCUT2D eigenvalue weighted by Crippen LogP contribution is -2.25. The third-order valence-electron chi connectivity index (χ3n) is 5.51. The van der Waals surface area contributed by atoms with Gasteiger partial charge in [-0.3, -0.25) is 19.1 Å². The summed E-state index contributed by atoms with van der Waals surface area (Å²) in [5.41, 5.74) is 4.59. The number of hydrogen-bond acceptors (Lipinski definition) is 6. The minimum atomic E-state index is -0.138. The van der Waals surface area contributed by atoms with Gasteiger partial charge >= 0.3 is 0 Å². The van der Waals surface area contributed by atoms with Crippen LogP contribution in [0.1, 0.15) is 27.3 Å². The summed E-state index contributed by atoms with van der Waals surface area (Å²) in [7, 11) is 0. The van der Waals surface area contributed by atoms with E-state index in [0.717, 1.165) is 32.9 Å². The Bertz CT molecular complexity index is 1360. The number of rotatable bonds is 6. The molecule has 0 fully saturated rings. The quantitative estimate of drug-likeness (QED) is 0.326. The summed E-state index contributed by atoms with van der Waals surface area (Å²) in [6.07, 6.45) is 1.71. The molecule has 0 aliphatic heterocycles. The smallest absolute Gasteiger partial charge is 0.263 e. The predicted molar refractivity (Wildman–Crippen MR) is 132 cm³/mol. The largest absolute Gasteiger partial charge is 0.325 e. The molecular weight excluding hydrogens is 440 g/mol. The molecule has 0 spiro atoms. The standard InChI is InChI=1S/C24H24N4O2S2/c1-14-8-7-10-19(15(14)2)26-20(29)13-31-24-27-22-21(16(3)17(4)32-22)23(30)28(24)12-18-9-5-6-11-25-18/h5-11H,12-13H2,1-4H3,(H,26,29). The van der Waals surface area contributed by atoms with Crippen LogP contribution in [0, 0.1) is 27.7 Å². The molecule has 1 amide bonds. The zero-order valence-corrected chi connectivity index (χ0v) is 20.1. The first-order chi connectivity index (χ1) is 15.3. The Morgan fingerprint density at radius 3 is 2.66 bits per heavy atom. The van der Waals surface area contributed by atoms with E-state index in [1.165, 1.54) is 23.1 Å². The van der Waals surface area contributed by atoms with Gasteiger partial charge in [-0.05, 0) is 62.6 Å². The molecule has 1 N–H and O–H groups in total. The summed E-state index contributed by atoms with van der Waals surface area (Å²) >= 11 is 2.78. The maximum absolute atomic E-state index is 13.4. The average Bonchev–Trinajstić information content (AvgIpc) is 3.06. The Kier molecular flexibility index (Phi) is 6.43. The first kappa shape index (κ1) is 22.2. The molecule has 0 radical (unpaired) electrons. The van der Waals surface area contributed by atoms with Crippen molar-refractivity contribution >= 4 is 44.9 Å². The molecule has 0 atom stereocenters. The predicted octanol–water partition coefficient (Wildman–Crippen LogP) is 4.87. The topological polar surface area (TPSA) is 76.9 Å². The second-order valence-corrected chi connectivity index (χ2v) is 9.80. The van der Waals surface area contributed by atoms with Crippen LogP contribution in [-0.2, 0) is 11.3 Å². The molecule has 3 aromatic heterocycles. The fourth-order valence-electron chi connectivity index (χ4n) is 3.41. The number of aromatic nitrogens is 3. The lowest BCUT2D eigenvalue weighted by atomic mass is 10.1. The van der Waals surface area contributed by atoms with E-state index in [-0.39, 0.29) is 17.2 Å². The van der Waals surface area contributed by atoms with Gasteiger partial charge in [0.15, 0.2) is 5.16 Å². The number of amides is 1. The zero-order chi connectivity index (χ0) is 22.8. The number of aryl methyl sites for hydroxylation is 3. The fraction of sp³-hybridized carbons (Fsp3) is 0.250. The highest BCUT2D eigenvalue weighted by Gasteiger charge is 2.18. The van der Waals surface area contributed by atoms with Gasteiger partial charge in [0, 0.05) is 16.8 Å². The van der Waals surface area contributed by atoms with Crippen LogP contribution in [0.2, 0.25) is 0 Å². The van der Waals surface area contributed by atoms with Crippen molar-refractivity contribution < 1.29 is 4.79 Å². The Morgan fingerprint density at radius 1 is 1.09 bits per heavy atom. The second-order valence-electron chi connectivity index (χ2n) is 7.65. The minimum Gasteiger partial charge on any atom is -0.325 e. The lowest BCUT2D eigenvalue weighted by molar-refractivity contribution is -0.113. The molecule has 8 heteroatoms.